The Morgan fingerprint density at radius 1 is 1.14 bits per heavy atom. The summed E-state index contributed by atoms with van der Waals surface area (Å²) in [6.45, 7) is 0. The summed E-state index contributed by atoms with van der Waals surface area (Å²) in [6.07, 6.45) is -2.71. The van der Waals surface area contributed by atoms with E-state index in [9.17, 15) is 31.9 Å². The van der Waals surface area contributed by atoms with E-state index < -0.39 is 58.6 Å². The molecule has 22 heavy (non-hydrogen) atoms. The molecule has 2 unspecified atom stereocenters. The van der Waals surface area contributed by atoms with Crippen molar-refractivity contribution in [3.8, 4) is 0 Å². The summed E-state index contributed by atoms with van der Waals surface area (Å²) in [5.74, 6) is -7.94. The molecule has 1 saturated heterocycles. The van der Waals surface area contributed by atoms with Gasteiger partial charge in [0.1, 0.15) is 6.04 Å². The molecule has 1 aromatic rings. The van der Waals surface area contributed by atoms with Gasteiger partial charge in [0.25, 0.3) is 5.91 Å². The van der Waals surface area contributed by atoms with Crippen molar-refractivity contribution >= 4 is 17.7 Å². The first-order valence-electron chi connectivity index (χ1n) is 6.30. The Kier molecular flexibility index (Phi) is 3.15. The minimum Gasteiger partial charge on any atom is -0.295 e. The number of piperidine rings is 1. The van der Waals surface area contributed by atoms with Gasteiger partial charge in [-0.05, 0) is 12.5 Å². The zero-order chi connectivity index (χ0) is 16.2. The molecule has 3 rings (SSSR count). The highest BCUT2D eigenvalue weighted by atomic mass is 19.2. The van der Waals surface area contributed by atoms with Crippen molar-refractivity contribution in [2.75, 3.05) is 0 Å². The summed E-state index contributed by atoms with van der Waals surface area (Å²) in [5.41, 5.74) is -1.61. The van der Waals surface area contributed by atoms with Crippen molar-refractivity contribution < 1.29 is 31.9 Å². The second-order valence-corrected chi connectivity index (χ2v) is 4.96. The van der Waals surface area contributed by atoms with Crippen molar-refractivity contribution in [2.24, 2.45) is 0 Å². The van der Waals surface area contributed by atoms with Gasteiger partial charge in [-0.15, -0.1) is 0 Å². The predicted octanol–water partition coefficient (Wildman–Crippen LogP) is 1.33. The van der Waals surface area contributed by atoms with Crippen LogP contribution < -0.4 is 5.32 Å². The van der Waals surface area contributed by atoms with Gasteiger partial charge in [0, 0.05) is 6.42 Å². The maximum absolute atomic E-state index is 14.4. The topological polar surface area (TPSA) is 66.5 Å². The van der Waals surface area contributed by atoms with E-state index in [0.717, 1.165) is 0 Å². The van der Waals surface area contributed by atoms with Crippen LogP contribution in [0.1, 0.15) is 35.1 Å². The van der Waals surface area contributed by atoms with Crippen LogP contribution in [0, 0.1) is 17.5 Å². The van der Waals surface area contributed by atoms with E-state index in [1.54, 1.807) is 0 Å². The lowest BCUT2D eigenvalue weighted by molar-refractivity contribution is -0.138. The van der Waals surface area contributed by atoms with Gasteiger partial charge in [-0.2, -0.15) is 0 Å². The summed E-state index contributed by atoms with van der Waals surface area (Å²) in [4.78, 5) is 35.3. The third-order valence-electron chi connectivity index (χ3n) is 3.69. The van der Waals surface area contributed by atoms with Gasteiger partial charge >= 0.3 is 0 Å². The molecule has 0 radical (unpaired) electrons. The highest BCUT2D eigenvalue weighted by Crippen LogP contribution is 2.40. The van der Waals surface area contributed by atoms with Crippen LogP contribution >= 0.6 is 0 Å². The minimum atomic E-state index is -2.43. The monoisotopic (exact) mass is 316 g/mol. The number of nitrogens with one attached hydrogen (secondary N) is 1. The number of carbonyl (C=O) groups excluding carboxylic acids is 3. The number of halogens is 4. The van der Waals surface area contributed by atoms with E-state index in [0.29, 0.717) is 11.0 Å². The number of rotatable bonds is 1. The van der Waals surface area contributed by atoms with Gasteiger partial charge in [-0.25, -0.2) is 17.6 Å². The SMILES string of the molecule is O=C1CCC(N2C(=O)c3cc(F)c(F)c(F)c3C2F)C(=O)N1. The summed E-state index contributed by atoms with van der Waals surface area (Å²) >= 11 is 0. The molecule has 5 nitrogen and oxygen atoms in total. The van der Waals surface area contributed by atoms with Gasteiger partial charge in [-0.3, -0.25) is 24.6 Å². The van der Waals surface area contributed by atoms with Crippen LogP contribution in [0.3, 0.4) is 0 Å². The van der Waals surface area contributed by atoms with E-state index in [1.165, 1.54) is 0 Å². The van der Waals surface area contributed by atoms with Crippen LogP contribution in [0.25, 0.3) is 0 Å². The number of hydrogen-bond acceptors (Lipinski definition) is 3. The molecular formula is C13H8F4N2O3. The van der Waals surface area contributed by atoms with Crippen LogP contribution in [0.5, 0.6) is 0 Å². The molecule has 2 aliphatic heterocycles. The molecule has 9 heteroatoms. The van der Waals surface area contributed by atoms with E-state index in [-0.39, 0.29) is 12.8 Å². The Hall–Kier alpha value is -2.45. The predicted molar refractivity (Wildman–Crippen MR) is 62.5 cm³/mol. The standard InChI is InChI=1S/C13H8F4N2O3/c14-5-3-4-8(10(16)9(5)15)11(17)19(13(4)22)6-1-2-7(20)18-12(6)21/h3,6,11H,1-2H2,(H,18,20,21). The third-order valence-corrected chi connectivity index (χ3v) is 3.69. The van der Waals surface area contributed by atoms with Crippen molar-refractivity contribution in [2.45, 2.75) is 25.2 Å². The first-order chi connectivity index (χ1) is 10.3. The molecule has 0 saturated carbocycles. The maximum atomic E-state index is 14.4. The summed E-state index contributed by atoms with van der Waals surface area (Å²) in [7, 11) is 0. The number of amides is 3. The van der Waals surface area contributed by atoms with E-state index >= 15 is 0 Å². The van der Waals surface area contributed by atoms with Crippen LogP contribution in [0.4, 0.5) is 17.6 Å². The number of alkyl halides is 1. The molecule has 0 aliphatic carbocycles. The Labute approximate surface area is 120 Å². The number of imide groups is 1. The van der Waals surface area contributed by atoms with Gasteiger partial charge in [-0.1, -0.05) is 0 Å². The Bertz CT molecular complexity index is 722. The van der Waals surface area contributed by atoms with Gasteiger partial charge in [0.15, 0.2) is 17.5 Å². The first kappa shape index (κ1) is 14.5. The average Bonchev–Trinajstić information content (AvgIpc) is 2.69. The molecule has 0 aromatic heterocycles. The van der Waals surface area contributed by atoms with E-state index in [2.05, 4.69) is 0 Å². The third kappa shape index (κ3) is 1.88. The molecule has 0 bridgehead atoms. The van der Waals surface area contributed by atoms with Gasteiger partial charge in [0.2, 0.25) is 18.1 Å². The molecule has 1 N–H and O–H groups in total. The van der Waals surface area contributed by atoms with Crippen molar-refractivity contribution in [3.05, 3.63) is 34.6 Å². The summed E-state index contributed by atoms with van der Waals surface area (Å²) in [5, 5.41) is 1.93. The zero-order valence-electron chi connectivity index (χ0n) is 10.8. The number of benzene rings is 1. The Morgan fingerprint density at radius 3 is 2.45 bits per heavy atom. The lowest BCUT2D eigenvalue weighted by Gasteiger charge is -2.30. The zero-order valence-corrected chi connectivity index (χ0v) is 10.8. The molecule has 1 aromatic carbocycles. The average molecular weight is 316 g/mol. The fourth-order valence-corrected chi connectivity index (χ4v) is 2.65. The number of fused-ring (bicyclic) bond motifs is 1. The van der Waals surface area contributed by atoms with Gasteiger partial charge in [0.05, 0.1) is 11.1 Å². The molecule has 116 valence electrons. The molecule has 0 spiro atoms. The van der Waals surface area contributed by atoms with Crippen molar-refractivity contribution in [1.29, 1.82) is 0 Å². The number of hydrogen-bond donors (Lipinski definition) is 1. The maximum Gasteiger partial charge on any atom is 0.257 e. The number of nitrogens with zero attached hydrogens (tertiary/aromatic N) is 1. The highest BCUT2D eigenvalue weighted by Gasteiger charge is 2.47. The lowest BCUT2D eigenvalue weighted by Crippen LogP contribution is -2.53. The van der Waals surface area contributed by atoms with E-state index in [4.69, 9.17) is 0 Å². The minimum absolute atomic E-state index is 0.130. The van der Waals surface area contributed by atoms with Crippen LogP contribution in [0.15, 0.2) is 6.07 Å². The summed E-state index contributed by atoms with van der Waals surface area (Å²) < 4.78 is 54.5. The van der Waals surface area contributed by atoms with E-state index in [1.807, 2.05) is 5.32 Å². The van der Waals surface area contributed by atoms with Crippen LogP contribution in [0.2, 0.25) is 0 Å². The Morgan fingerprint density at radius 2 is 1.82 bits per heavy atom. The molecule has 3 amide bonds. The molecule has 2 aliphatic rings. The smallest absolute Gasteiger partial charge is 0.257 e. The second kappa shape index (κ2) is 4.79. The fourth-order valence-electron chi connectivity index (χ4n) is 2.65. The first-order valence-corrected chi connectivity index (χ1v) is 6.30. The number of carbonyl (C=O) groups is 3. The van der Waals surface area contributed by atoms with Gasteiger partial charge < -0.3 is 0 Å². The Balaban J connectivity index is 2.04. The van der Waals surface area contributed by atoms with Crippen LogP contribution in [-0.4, -0.2) is 28.7 Å². The molecule has 2 heterocycles. The molecule has 2 atom stereocenters. The molecule has 1 fully saturated rings. The normalized spacial score (nSPS) is 24.5. The summed E-state index contributed by atoms with van der Waals surface area (Å²) in [6, 6.07) is -0.952. The fraction of sp³-hybridized carbons (Fsp3) is 0.308. The van der Waals surface area contributed by atoms with Crippen molar-refractivity contribution in [3.63, 3.8) is 0 Å². The quantitative estimate of drug-likeness (QED) is 0.368. The van der Waals surface area contributed by atoms with Crippen molar-refractivity contribution in [1.82, 2.24) is 10.2 Å². The highest BCUT2D eigenvalue weighted by molar-refractivity contribution is 6.05. The largest absolute Gasteiger partial charge is 0.295 e. The lowest BCUT2D eigenvalue weighted by atomic mass is 10.0. The second-order valence-electron chi connectivity index (χ2n) is 4.96. The molecular weight excluding hydrogens is 308 g/mol. The van der Waals surface area contributed by atoms with Crippen LogP contribution in [-0.2, 0) is 9.59 Å².